The van der Waals surface area contributed by atoms with Crippen LogP contribution in [-0.4, -0.2) is 4.57 Å². The molecule has 0 aliphatic heterocycles. The average molecular weight is 670 g/mol. The van der Waals surface area contributed by atoms with Crippen LogP contribution in [0.4, 0.5) is 0 Å². The Morgan fingerprint density at radius 2 is 0.792 bits per heavy atom. The van der Waals surface area contributed by atoms with Crippen molar-refractivity contribution < 1.29 is 0 Å². The number of para-hydroxylation sites is 2. The fourth-order valence-corrected chi connectivity index (χ4v) is 9.33. The zero-order valence-corrected chi connectivity index (χ0v) is 28.8. The van der Waals surface area contributed by atoms with Gasteiger partial charge in [-0.05, 0) is 136 Å². The summed E-state index contributed by atoms with van der Waals surface area (Å²) in [6, 6.07) is 69.7. The predicted molar refractivity (Wildman–Crippen MR) is 226 cm³/mol. The Morgan fingerprint density at radius 3 is 1.51 bits per heavy atom. The summed E-state index contributed by atoms with van der Waals surface area (Å²) >= 11 is 0. The molecular formula is C52H31N. The van der Waals surface area contributed by atoms with Gasteiger partial charge in [-0.15, -0.1) is 0 Å². The third kappa shape index (κ3) is 4.02. The lowest BCUT2D eigenvalue weighted by molar-refractivity contribution is 1.19. The van der Waals surface area contributed by atoms with Crippen LogP contribution in [0.1, 0.15) is 0 Å². The van der Waals surface area contributed by atoms with Crippen LogP contribution < -0.4 is 0 Å². The largest absolute Gasteiger partial charge is 0.309 e. The molecule has 11 aromatic rings. The third-order valence-electron chi connectivity index (χ3n) is 11.7. The maximum Gasteiger partial charge on any atom is 0.0541 e. The first-order chi connectivity index (χ1) is 26.3. The van der Waals surface area contributed by atoms with E-state index >= 15 is 0 Å². The molecule has 0 spiro atoms. The van der Waals surface area contributed by atoms with Crippen molar-refractivity contribution in [1.82, 2.24) is 4.57 Å². The number of nitrogens with zero attached hydrogens (tertiary/aromatic N) is 1. The molecule has 10 aromatic carbocycles. The van der Waals surface area contributed by atoms with Crippen LogP contribution in [0.3, 0.4) is 0 Å². The summed E-state index contributed by atoms with van der Waals surface area (Å²) in [6.07, 6.45) is 0. The molecule has 0 fully saturated rings. The minimum absolute atomic E-state index is 1.19. The number of fused-ring (bicyclic) bond motifs is 11. The van der Waals surface area contributed by atoms with Gasteiger partial charge in [0.1, 0.15) is 0 Å². The van der Waals surface area contributed by atoms with Crippen molar-refractivity contribution in [3.8, 4) is 50.2 Å². The van der Waals surface area contributed by atoms with Crippen molar-refractivity contribution in [1.29, 1.82) is 0 Å². The van der Waals surface area contributed by atoms with Crippen molar-refractivity contribution in [2.45, 2.75) is 0 Å². The molecule has 1 aliphatic carbocycles. The third-order valence-corrected chi connectivity index (χ3v) is 11.7. The summed E-state index contributed by atoms with van der Waals surface area (Å²) in [5.74, 6) is 0. The molecular weight excluding hydrogens is 639 g/mol. The van der Waals surface area contributed by atoms with Gasteiger partial charge in [0.15, 0.2) is 0 Å². The molecule has 0 saturated heterocycles. The predicted octanol–water partition coefficient (Wildman–Crippen LogP) is 14.4. The highest BCUT2D eigenvalue weighted by molar-refractivity contribution is 6.26. The van der Waals surface area contributed by atoms with Crippen LogP contribution in [-0.2, 0) is 0 Å². The maximum atomic E-state index is 2.49. The Labute approximate surface area is 306 Å². The van der Waals surface area contributed by atoms with Crippen LogP contribution >= 0.6 is 0 Å². The summed E-state index contributed by atoms with van der Waals surface area (Å²) in [5.41, 5.74) is 14.1. The van der Waals surface area contributed by atoms with Crippen molar-refractivity contribution in [3.63, 3.8) is 0 Å². The molecule has 1 nitrogen and oxygen atoms in total. The number of benzene rings is 10. The second kappa shape index (κ2) is 10.8. The lowest BCUT2D eigenvalue weighted by atomic mass is 9.75. The lowest BCUT2D eigenvalue weighted by Crippen LogP contribution is -2.01. The molecule has 0 atom stereocenters. The van der Waals surface area contributed by atoms with Crippen LogP contribution in [0.15, 0.2) is 188 Å². The quantitative estimate of drug-likeness (QED) is 0.165. The molecule has 53 heavy (non-hydrogen) atoms. The zero-order valence-electron chi connectivity index (χ0n) is 28.8. The SMILES string of the molecule is c1ccc(-c2c3ccccc3c(-c3cccc4ccccc34)c3cc4c(cc23)-c2cc3cc(-n5c6ccccc6c6ccccc65)ccc3cc2-4)cc1. The standard InChI is InChI=1S/C52H31N/c1-2-14-33(15-3-1)51-41-20-6-7-21-42(41)52(40-22-12-16-32-13-4-5-17-37(32)40)48-31-46-43-28-34-25-26-36(27-35(34)29-44(43)45(46)30-47(48)51)53-49-23-10-8-18-38(49)39-19-9-11-24-50(39)53/h1-31H. The van der Waals surface area contributed by atoms with E-state index in [1.54, 1.807) is 0 Å². The van der Waals surface area contributed by atoms with E-state index in [1.807, 2.05) is 0 Å². The zero-order chi connectivity index (χ0) is 34.6. The molecule has 1 aromatic heterocycles. The van der Waals surface area contributed by atoms with Gasteiger partial charge in [0, 0.05) is 16.5 Å². The van der Waals surface area contributed by atoms with E-state index in [0.29, 0.717) is 0 Å². The molecule has 0 saturated carbocycles. The molecule has 0 bridgehead atoms. The van der Waals surface area contributed by atoms with Gasteiger partial charge in [0.05, 0.1) is 11.0 Å². The lowest BCUT2D eigenvalue weighted by Gasteiger charge is -2.28. The highest BCUT2D eigenvalue weighted by Crippen LogP contribution is 2.54. The molecule has 0 N–H and O–H groups in total. The summed E-state index contributed by atoms with van der Waals surface area (Å²) in [6.45, 7) is 0. The summed E-state index contributed by atoms with van der Waals surface area (Å²) < 4.78 is 2.41. The van der Waals surface area contributed by atoms with Gasteiger partial charge in [-0.25, -0.2) is 0 Å². The van der Waals surface area contributed by atoms with E-state index in [0.717, 1.165) is 0 Å². The van der Waals surface area contributed by atoms with Gasteiger partial charge in [0.25, 0.3) is 0 Å². The number of rotatable bonds is 3. The topological polar surface area (TPSA) is 4.93 Å². The van der Waals surface area contributed by atoms with Crippen LogP contribution in [0.2, 0.25) is 0 Å². The molecule has 0 radical (unpaired) electrons. The Hall–Kier alpha value is -6.96. The first kappa shape index (κ1) is 28.7. The van der Waals surface area contributed by atoms with Crippen molar-refractivity contribution >= 4 is 64.9 Å². The molecule has 1 heterocycles. The monoisotopic (exact) mass is 669 g/mol. The van der Waals surface area contributed by atoms with E-state index in [4.69, 9.17) is 0 Å². The van der Waals surface area contributed by atoms with E-state index in [1.165, 1.54) is 115 Å². The fourth-order valence-electron chi connectivity index (χ4n) is 9.33. The van der Waals surface area contributed by atoms with E-state index in [-0.39, 0.29) is 0 Å². The number of hydrogen-bond acceptors (Lipinski definition) is 0. The highest BCUT2D eigenvalue weighted by Gasteiger charge is 2.27. The van der Waals surface area contributed by atoms with Crippen molar-refractivity contribution in [2.75, 3.05) is 0 Å². The Balaban J connectivity index is 1.12. The van der Waals surface area contributed by atoms with Gasteiger partial charge < -0.3 is 4.57 Å². The second-order valence-electron chi connectivity index (χ2n) is 14.4. The van der Waals surface area contributed by atoms with Crippen LogP contribution in [0.25, 0.3) is 115 Å². The maximum absolute atomic E-state index is 2.49. The normalized spacial score (nSPS) is 12.2. The molecule has 1 aliphatic rings. The van der Waals surface area contributed by atoms with Gasteiger partial charge >= 0.3 is 0 Å². The van der Waals surface area contributed by atoms with E-state index < -0.39 is 0 Å². The van der Waals surface area contributed by atoms with Gasteiger partial charge in [-0.3, -0.25) is 0 Å². The molecule has 12 rings (SSSR count). The smallest absolute Gasteiger partial charge is 0.0541 e. The first-order valence-electron chi connectivity index (χ1n) is 18.4. The highest BCUT2D eigenvalue weighted by atomic mass is 15.0. The first-order valence-corrected chi connectivity index (χ1v) is 18.4. The Morgan fingerprint density at radius 1 is 0.264 bits per heavy atom. The summed E-state index contributed by atoms with van der Waals surface area (Å²) in [4.78, 5) is 0. The Bertz CT molecular complexity index is 3270. The van der Waals surface area contributed by atoms with Crippen LogP contribution in [0, 0.1) is 0 Å². The average Bonchev–Trinajstić information content (AvgIpc) is 3.56. The van der Waals surface area contributed by atoms with Crippen LogP contribution in [0.5, 0.6) is 0 Å². The van der Waals surface area contributed by atoms with Crippen molar-refractivity contribution in [2.24, 2.45) is 0 Å². The summed E-state index contributed by atoms with van der Waals surface area (Å²) in [7, 11) is 0. The minimum Gasteiger partial charge on any atom is -0.309 e. The molecule has 1 heteroatoms. The fraction of sp³-hybridized carbons (Fsp3) is 0. The van der Waals surface area contributed by atoms with E-state index in [2.05, 4.69) is 193 Å². The van der Waals surface area contributed by atoms with Gasteiger partial charge in [-0.2, -0.15) is 0 Å². The molecule has 0 amide bonds. The van der Waals surface area contributed by atoms with Crippen molar-refractivity contribution in [3.05, 3.63) is 188 Å². The molecule has 244 valence electrons. The van der Waals surface area contributed by atoms with E-state index in [9.17, 15) is 0 Å². The molecule has 0 unspecified atom stereocenters. The Kier molecular flexibility index (Phi) is 5.84. The second-order valence-corrected chi connectivity index (χ2v) is 14.4. The van der Waals surface area contributed by atoms with Gasteiger partial charge in [0.2, 0.25) is 0 Å². The number of aromatic nitrogens is 1. The van der Waals surface area contributed by atoms with Gasteiger partial charge in [-0.1, -0.05) is 140 Å². The minimum atomic E-state index is 1.19. The summed E-state index contributed by atoms with van der Waals surface area (Å²) in [5, 5.41) is 12.8. The number of hydrogen-bond donors (Lipinski definition) is 0.